The largest absolute Gasteiger partial charge is 0.355 e. The van der Waals surface area contributed by atoms with Crippen molar-refractivity contribution in [2.24, 2.45) is 0 Å². The molecule has 2 amide bonds. The number of benzene rings is 2. The lowest BCUT2D eigenvalue weighted by atomic mass is 10.0. The number of anilines is 1. The van der Waals surface area contributed by atoms with Gasteiger partial charge in [0.25, 0.3) is 11.8 Å². The third-order valence-corrected chi connectivity index (χ3v) is 6.90. The molecule has 0 aliphatic heterocycles. The number of rotatable bonds is 7. The zero-order valence-electron chi connectivity index (χ0n) is 17.4. The fourth-order valence-electron chi connectivity index (χ4n) is 3.06. The molecule has 29 heavy (non-hydrogen) atoms. The molecule has 8 heteroatoms. The second kappa shape index (κ2) is 9.19. The van der Waals surface area contributed by atoms with E-state index >= 15 is 0 Å². The lowest BCUT2D eigenvalue weighted by Gasteiger charge is -2.19. The highest BCUT2D eigenvalue weighted by Crippen LogP contribution is 2.23. The average Bonchev–Trinajstić information content (AvgIpc) is 2.69. The SMILES string of the molecule is CCN(CC)S(=O)(=O)c1ccc(C)c(C(=O)Nc2cccc(C(=O)NC)c2C)c1. The zero-order valence-corrected chi connectivity index (χ0v) is 18.2. The van der Waals surface area contributed by atoms with Gasteiger partial charge in [-0.1, -0.05) is 26.0 Å². The predicted molar refractivity (Wildman–Crippen MR) is 114 cm³/mol. The Morgan fingerprint density at radius 3 is 2.21 bits per heavy atom. The highest BCUT2D eigenvalue weighted by atomic mass is 32.2. The number of nitrogens with zero attached hydrogens (tertiary/aromatic N) is 1. The lowest BCUT2D eigenvalue weighted by Crippen LogP contribution is -2.30. The molecule has 0 saturated carbocycles. The van der Waals surface area contributed by atoms with Gasteiger partial charge in [0.15, 0.2) is 0 Å². The van der Waals surface area contributed by atoms with Gasteiger partial charge in [-0.25, -0.2) is 8.42 Å². The second-order valence-electron chi connectivity index (χ2n) is 6.58. The fourth-order valence-corrected chi connectivity index (χ4v) is 4.54. The van der Waals surface area contributed by atoms with E-state index in [1.54, 1.807) is 52.0 Å². The minimum atomic E-state index is -3.68. The second-order valence-corrected chi connectivity index (χ2v) is 8.52. The number of nitrogens with one attached hydrogen (secondary N) is 2. The Hall–Kier alpha value is -2.71. The molecular weight excluding hydrogens is 390 g/mol. The van der Waals surface area contributed by atoms with Crippen molar-refractivity contribution in [2.75, 3.05) is 25.5 Å². The van der Waals surface area contributed by atoms with Crippen molar-refractivity contribution in [1.82, 2.24) is 9.62 Å². The maximum Gasteiger partial charge on any atom is 0.255 e. The molecule has 0 aliphatic rings. The first-order valence-electron chi connectivity index (χ1n) is 9.41. The van der Waals surface area contributed by atoms with Gasteiger partial charge in [-0.3, -0.25) is 9.59 Å². The Balaban J connectivity index is 2.42. The molecule has 2 aromatic carbocycles. The first kappa shape index (κ1) is 22.6. The Labute approximate surface area is 172 Å². The summed E-state index contributed by atoms with van der Waals surface area (Å²) in [5.41, 5.74) is 2.50. The molecule has 0 saturated heterocycles. The molecule has 0 fully saturated rings. The smallest absolute Gasteiger partial charge is 0.255 e. The number of carbonyl (C=O) groups is 2. The van der Waals surface area contributed by atoms with Gasteiger partial charge >= 0.3 is 0 Å². The first-order chi connectivity index (χ1) is 13.7. The zero-order chi connectivity index (χ0) is 21.8. The van der Waals surface area contributed by atoms with Crippen molar-refractivity contribution >= 4 is 27.5 Å². The number of hydrogen-bond donors (Lipinski definition) is 2. The number of carbonyl (C=O) groups excluding carboxylic acids is 2. The van der Waals surface area contributed by atoms with E-state index in [4.69, 9.17) is 0 Å². The van der Waals surface area contributed by atoms with Gasteiger partial charge in [0.05, 0.1) is 4.90 Å². The summed E-state index contributed by atoms with van der Waals surface area (Å²) < 4.78 is 26.9. The van der Waals surface area contributed by atoms with Crippen LogP contribution in [-0.4, -0.2) is 44.7 Å². The summed E-state index contributed by atoms with van der Waals surface area (Å²) in [4.78, 5) is 25.0. The monoisotopic (exact) mass is 417 g/mol. The van der Waals surface area contributed by atoms with Crippen molar-refractivity contribution in [2.45, 2.75) is 32.6 Å². The van der Waals surface area contributed by atoms with Gasteiger partial charge in [0.2, 0.25) is 10.0 Å². The summed E-state index contributed by atoms with van der Waals surface area (Å²) in [5.74, 6) is -0.682. The topological polar surface area (TPSA) is 95.6 Å². The van der Waals surface area contributed by atoms with E-state index < -0.39 is 15.9 Å². The van der Waals surface area contributed by atoms with Crippen LogP contribution in [0.5, 0.6) is 0 Å². The van der Waals surface area contributed by atoms with E-state index in [1.807, 2.05) is 0 Å². The quantitative estimate of drug-likeness (QED) is 0.724. The van der Waals surface area contributed by atoms with Crippen molar-refractivity contribution in [3.63, 3.8) is 0 Å². The maximum atomic E-state index is 12.9. The summed E-state index contributed by atoms with van der Waals surface area (Å²) in [6.07, 6.45) is 0. The van der Waals surface area contributed by atoms with Gasteiger partial charge in [0, 0.05) is 37.0 Å². The molecule has 0 aliphatic carbocycles. The van der Waals surface area contributed by atoms with Crippen LogP contribution >= 0.6 is 0 Å². The summed E-state index contributed by atoms with van der Waals surface area (Å²) >= 11 is 0. The minimum Gasteiger partial charge on any atom is -0.355 e. The highest BCUT2D eigenvalue weighted by Gasteiger charge is 2.23. The molecule has 0 aromatic heterocycles. The van der Waals surface area contributed by atoms with E-state index in [2.05, 4.69) is 10.6 Å². The van der Waals surface area contributed by atoms with Crippen LogP contribution in [0.25, 0.3) is 0 Å². The third kappa shape index (κ3) is 4.65. The van der Waals surface area contributed by atoms with E-state index in [9.17, 15) is 18.0 Å². The Morgan fingerprint density at radius 1 is 0.966 bits per heavy atom. The standard InChI is InChI=1S/C21H27N3O4S/c1-6-24(7-2)29(27,28)16-12-11-14(3)18(13-16)21(26)23-19-10-8-9-17(15(19)4)20(25)22-5/h8-13H,6-7H2,1-5H3,(H,22,25)(H,23,26). The molecule has 0 bridgehead atoms. The minimum absolute atomic E-state index is 0.0767. The lowest BCUT2D eigenvalue weighted by molar-refractivity contribution is 0.0960. The molecule has 0 heterocycles. The van der Waals surface area contributed by atoms with Crippen molar-refractivity contribution in [3.8, 4) is 0 Å². The van der Waals surface area contributed by atoms with Crippen LogP contribution in [0.1, 0.15) is 45.7 Å². The Kier molecular flexibility index (Phi) is 7.16. The average molecular weight is 418 g/mol. The first-order valence-corrected chi connectivity index (χ1v) is 10.8. The molecule has 0 spiro atoms. The van der Waals surface area contributed by atoms with Gasteiger partial charge in [-0.15, -0.1) is 0 Å². The predicted octanol–water partition coefficient (Wildman–Crippen LogP) is 2.95. The molecule has 156 valence electrons. The Bertz CT molecular complexity index is 1030. The summed E-state index contributed by atoms with van der Waals surface area (Å²) in [7, 11) is -2.14. The van der Waals surface area contributed by atoms with Crippen LogP contribution < -0.4 is 10.6 Å². The highest BCUT2D eigenvalue weighted by molar-refractivity contribution is 7.89. The summed E-state index contributed by atoms with van der Waals surface area (Å²) in [6, 6.07) is 9.59. The maximum absolute atomic E-state index is 12.9. The van der Waals surface area contributed by atoms with Crippen molar-refractivity contribution < 1.29 is 18.0 Å². The molecule has 2 N–H and O–H groups in total. The molecule has 2 aromatic rings. The van der Waals surface area contributed by atoms with Crippen LogP contribution in [0.2, 0.25) is 0 Å². The molecule has 2 rings (SSSR count). The molecule has 0 unspecified atom stereocenters. The molecule has 7 nitrogen and oxygen atoms in total. The van der Waals surface area contributed by atoms with Crippen molar-refractivity contribution in [1.29, 1.82) is 0 Å². The van der Waals surface area contributed by atoms with E-state index in [-0.39, 0.29) is 16.4 Å². The van der Waals surface area contributed by atoms with Crippen molar-refractivity contribution in [3.05, 3.63) is 58.7 Å². The van der Waals surface area contributed by atoms with Gasteiger partial charge < -0.3 is 10.6 Å². The molecule has 0 radical (unpaired) electrons. The number of sulfonamides is 1. The van der Waals surface area contributed by atoms with Gasteiger partial charge in [-0.05, 0) is 49.2 Å². The normalized spacial score (nSPS) is 11.4. The van der Waals surface area contributed by atoms with Gasteiger partial charge in [0.1, 0.15) is 0 Å². The van der Waals surface area contributed by atoms with E-state index in [0.29, 0.717) is 35.5 Å². The van der Waals surface area contributed by atoms with Crippen LogP contribution in [0, 0.1) is 13.8 Å². The fraction of sp³-hybridized carbons (Fsp3) is 0.333. The number of hydrogen-bond acceptors (Lipinski definition) is 4. The number of amides is 2. The summed E-state index contributed by atoms with van der Waals surface area (Å²) in [5, 5.41) is 5.36. The Morgan fingerprint density at radius 2 is 1.62 bits per heavy atom. The number of aryl methyl sites for hydroxylation is 1. The summed E-state index contributed by atoms with van der Waals surface area (Å²) in [6.45, 7) is 7.72. The van der Waals surface area contributed by atoms with E-state index in [1.165, 1.54) is 23.5 Å². The third-order valence-electron chi connectivity index (χ3n) is 4.85. The van der Waals surface area contributed by atoms with Gasteiger partial charge in [-0.2, -0.15) is 4.31 Å². The van der Waals surface area contributed by atoms with Crippen LogP contribution in [0.15, 0.2) is 41.3 Å². The molecule has 0 atom stereocenters. The molecular formula is C21H27N3O4S. The van der Waals surface area contributed by atoms with Crippen LogP contribution in [-0.2, 0) is 10.0 Å². The van der Waals surface area contributed by atoms with E-state index in [0.717, 1.165) is 0 Å². The van der Waals surface area contributed by atoms with Crippen LogP contribution in [0.4, 0.5) is 5.69 Å². The van der Waals surface area contributed by atoms with Crippen LogP contribution in [0.3, 0.4) is 0 Å².